The van der Waals surface area contributed by atoms with E-state index in [9.17, 15) is 0 Å². The van der Waals surface area contributed by atoms with E-state index in [1.165, 1.54) is 0 Å². The molecule has 0 aliphatic rings. The van der Waals surface area contributed by atoms with Crippen LogP contribution in [0.25, 0.3) is 0 Å². The summed E-state index contributed by atoms with van der Waals surface area (Å²) >= 11 is 7.36. The second-order valence-electron chi connectivity index (χ2n) is 3.82. The molecule has 0 saturated carbocycles. The Labute approximate surface area is 99.0 Å². The SMILES string of the molecule is CC(N)(CO)CCSCc1ccc(Cl)o1. The number of halogens is 1. The van der Waals surface area contributed by atoms with Crippen LogP contribution in [0.15, 0.2) is 16.5 Å². The van der Waals surface area contributed by atoms with E-state index >= 15 is 0 Å². The van der Waals surface area contributed by atoms with Crippen molar-refractivity contribution >= 4 is 23.4 Å². The fourth-order valence-electron chi connectivity index (χ4n) is 0.986. The molecule has 0 radical (unpaired) electrons. The second-order valence-corrected chi connectivity index (χ2v) is 5.30. The number of hydrogen-bond acceptors (Lipinski definition) is 4. The molecule has 0 saturated heterocycles. The normalized spacial score (nSPS) is 15.2. The van der Waals surface area contributed by atoms with Gasteiger partial charge in [0.15, 0.2) is 5.22 Å². The number of aliphatic hydroxyl groups is 1. The standard InChI is InChI=1S/C10H16ClNO2S/c1-10(12,7-13)4-5-15-6-8-2-3-9(11)14-8/h2-3,13H,4-7,12H2,1H3. The molecule has 5 heteroatoms. The van der Waals surface area contributed by atoms with Crippen molar-refractivity contribution in [2.24, 2.45) is 5.73 Å². The minimum atomic E-state index is -0.478. The number of nitrogens with two attached hydrogens (primary N) is 1. The van der Waals surface area contributed by atoms with Crippen LogP contribution in [-0.2, 0) is 5.75 Å². The van der Waals surface area contributed by atoms with Crippen molar-refractivity contribution in [1.82, 2.24) is 0 Å². The van der Waals surface area contributed by atoms with E-state index < -0.39 is 5.54 Å². The molecule has 0 spiro atoms. The lowest BCUT2D eigenvalue weighted by molar-refractivity contribution is 0.206. The van der Waals surface area contributed by atoms with Crippen molar-refractivity contribution in [3.8, 4) is 0 Å². The first-order valence-electron chi connectivity index (χ1n) is 4.75. The molecule has 1 heterocycles. The molecule has 1 rings (SSSR count). The minimum absolute atomic E-state index is 0.0140. The Morgan fingerprint density at radius 1 is 1.60 bits per heavy atom. The van der Waals surface area contributed by atoms with E-state index in [1.807, 2.05) is 13.0 Å². The highest BCUT2D eigenvalue weighted by molar-refractivity contribution is 7.98. The molecule has 1 unspecified atom stereocenters. The monoisotopic (exact) mass is 249 g/mol. The third kappa shape index (κ3) is 4.93. The van der Waals surface area contributed by atoms with E-state index in [0.717, 1.165) is 23.7 Å². The molecule has 1 aromatic rings. The van der Waals surface area contributed by atoms with Crippen LogP contribution in [0.1, 0.15) is 19.1 Å². The average Bonchev–Trinajstić information content (AvgIpc) is 2.59. The van der Waals surface area contributed by atoms with Gasteiger partial charge in [0.2, 0.25) is 0 Å². The predicted octanol–water partition coefficient (Wildman–Crippen LogP) is 2.27. The van der Waals surface area contributed by atoms with Crippen LogP contribution in [0.4, 0.5) is 0 Å². The highest BCUT2D eigenvalue weighted by atomic mass is 35.5. The summed E-state index contributed by atoms with van der Waals surface area (Å²) in [5.74, 6) is 2.55. The number of hydrogen-bond donors (Lipinski definition) is 2. The molecule has 0 amide bonds. The smallest absolute Gasteiger partial charge is 0.193 e. The molecule has 1 atom stereocenters. The summed E-state index contributed by atoms with van der Waals surface area (Å²) in [5, 5.41) is 9.36. The maximum Gasteiger partial charge on any atom is 0.193 e. The molecule has 0 fully saturated rings. The van der Waals surface area contributed by atoms with Crippen LogP contribution in [0, 0.1) is 0 Å². The first kappa shape index (κ1) is 12.9. The Hall–Kier alpha value is -0.160. The molecule has 0 aliphatic carbocycles. The zero-order valence-corrected chi connectivity index (χ0v) is 10.3. The fourth-order valence-corrected chi connectivity index (χ4v) is 2.26. The van der Waals surface area contributed by atoms with Gasteiger partial charge in [-0.2, -0.15) is 11.8 Å². The van der Waals surface area contributed by atoms with Gasteiger partial charge in [0.05, 0.1) is 12.4 Å². The van der Waals surface area contributed by atoms with Crippen LogP contribution in [0.2, 0.25) is 5.22 Å². The average molecular weight is 250 g/mol. The van der Waals surface area contributed by atoms with E-state index in [2.05, 4.69) is 0 Å². The third-order valence-electron chi connectivity index (χ3n) is 2.05. The molecule has 0 aromatic carbocycles. The molecule has 0 bridgehead atoms. The summed E-state index contributed by atoms with van der Waals surface area (Å²) in [5.41, 5.74) is 5.31. The van der Waals surface area contributed by atoms with Gasteiger partial charge in [-0.3, -0.25) is 0 Å². The van der Waals surface area contributed by atoms with Crippen molar-refractivity contribution in [3.63, 3.8) is 0 Å². The number of furan rings is 1. The predicted molar refractivity (Wildman–Crippen MR) is 64.2 cm³/mol. The molecule has 15 heavy (non-hydrogen) atoms. The van der Waals surface area contributed by atoms with Crippen molar-refractivity contribution in [3.05, 3.63) is 23.1 Å². The zero-order valence-electron chi connectivity index (χ0n) is 8.70. The van der Waals surface area contributed by atoms with Crippen LogP contribution >= 0.6 is 23.4 Å². The van der Waals surface area contributed by atoms with Gasteiger partial charge in [0, 0.05) is 5.54 Å². The van der Waals surface area contributed by atoms with E-state index in [-0.39, 0.29) is 6.61 Å². The lowest BCUT2D eigenvalue weighted by Crippen LogP contribution is -2.40. The minimum Gasteiger partial charge on any atom is -0.449 e. The number of rotatable bonds is 6. The number of thioether (sulfide) groups is 1. The van der Waals surface area contributed by atoms with Gasteiger partial charge >= 0.3 is 0 Å². The zero-order chi connectivity index (χ0) is 11.3. The first-order chi connectivity index (χ1) is 7.03. The third-order valence-corrected chi connectivity index (χ3v) is 3.24. The van der Waals surface area contributed by atoms with Gasteiger partial charge in [0.1, 0.15) is 5.76 Å². The lowest BCUT2D eigenvalue weighted by atomic mass is 10.0. The Kier molecular flexibility index (Phi) is 4.99. The molecule has 0 aliphatic heterocycles. The summed E-state index contributed by atoms with van der Waals surface area (Å²) < 4.78 is 5.21. The van der Waals surface area contributed by atoms with Gasteiger partial charge < -0.3 is 15.3 Å². The fraction of sp³-hybridized carbons (Fsp3) is 0.600. The van der Waals surface area contributed by atoms with Crippen LogP contribution in [-0.4, -0.2) is 23.0 Å². The molecular formula is C10H16ClNO2S. The Balaban J connectivity index is 2.17. The van der Waals surface area contributed by atoms with Crippen molar-refractivity contribution < 1.29 is 9.52 Å². The summed E-state index contributed by atoms with van der Waals surface area (Å²) in [6.07, 6.45) is 0.780. The van der Waals surface area contributed by atoms with Gasteiger partial charge in [-0.25, -0.2) is 0 Å². The number of aliphatic hydroxyl groups excluding tert-OH is 1. The Morgan fingerprint density at radius 2 is 2.33 bits per heavy atom. The lowest BCUT2D eigenvalue weighted by Gasteiger charge is -2.20. The summed E-state index contributed by atoms with van der Waals surface area (Å²) in [7, 11) is 0. The Bertz CT molecular complexity index is 301. The van der Waals surface area contributed by atoms with Crippen LogP contribution < -0.4 is 5.73 Å². The summed E-state index contributed by atoms with van der Waals surface area (Å²) in [6.45, 7) is 1.86. The maximum atomic E-state index is 8.94. The quantitative estimate of drug-likeness (QED) is 0.760. The highest BCUT2D eigenvalue weighted by Crippen LogP contribution is 2.20. The van der Waals surface area contributed by atoms with E-state index in [4.69, 9.17) is 26.9 Å². The van der Waals surface area contributed by atoms with E-state index in [0.29, 0.717) is 5.22 Å². The van der Waals surface area contributed by atoms with Crippen LogP contribution in [0.5, 0.6) is 0 Å². The maximum absolute atomic E-state index is 8.94. The first-order valence-corrected chi connectivity index (χ1v) is 6.28. The molecule has 3 nitrogen and oxygen atoms in total. The topological polar surface area (TPSA) is 59.4 Å². The van der Waals surface area contributed by atoms with E-state index in [1.54, 1.807) is 17.8 Å². The van der Waals surface area contributed by atoms with Gasteiger partial charge in [0.25, 0.3) is 0 Å². The van der Waals surface area contributed by atoms with Gasteiger partial charge in [-0.1, -0.05) is 0 Å². The molecule has 86 valence electrons. The largest absolute Gasteiger partial charge is 0.449 e. The van der Waals surface area contributed by atoms with Gasteiger partial charge in [-0.15, -0.1) is 0 Å². The van der Waals surface area contributed by atoms with Crippen LogP contribution in [0.3, 0.4) is 0 Å². The molecule has 3 N–H and O–H groups in total. The summed E-state index contributed by atoms with van der Waals surface area (Å²) in [4.78, 5) is 0. The van der Waals surface area contributed by atoms with Crippen molar-refractivity contribution in [1.29, 1.82) is 0 Å². The van der Waals surface area contributed by atoms with Crippen molar-refractivity contribution in [2.75, 3.05) is 12.4 Å². The molecular weight excluding hydrogens is 234 g/mol. The highest BCUT2D eigenvalue weighted by Gasteiger charge is 2.16. The van der Waals surface area contributed by atoms with Crippen molar-refractivity contribution in [2.45, 2.75) is 24.6 Å². The molecule has 1 aromatic heterocycles. The Morgan fingerprint density at radius 3 is 2.87 bits per heavy atom. The van der Waals surface area contributed by atoms with Gasteiger partial charge in [-0.05, 0) is 42.8 Å². The summed E-state index contributed by atoms with van der Waals surface area (Å²) in [6, 6.07) is 3.60. The second kappa shape index (κ2) is 5.80.